The van der Waals surface area contributed by atoms with Crippen LogP contribution in [0.2, 0.25) is 0 Å². The van der Waals surface area contributed by atoms with Crippen molar-refractivity contribution in [3.63, 3.8) is 0 Å². The molecule has 0 saturated heterocycles. The summed E-state index contributed by atoms with van der Waals surface area (Å²) in [5, 5.41) is 20.9. The van der Waals surface area contributed by atoms with E-state index >= 15 is 0 Å². The number of unbranched alkanes of at least 4 members (excludes halogenated alkanes) is 14. The first-order chi connectivity index (χ1) is 31.0. The Hall–Kier alpha value is -2.19. The van der Waals surface area contributed by atoms with E-state index in [1.54, 1.807) is 0 Å². The van der Waals surface area contributed by atoms with Crippen LogP contribution < -0.4 is 10.2 Å². The largest absolute Gasteiger partial charge is 2.00 e. The maximum absolute atomic E-state index is 11.6. The Bertz CT molecular complexity index is 1320. The van der Waals surface area contributed by atoms with Crippen molar-refractivity contribution < 1.29 is 48.3 Å². The van der Waals surface area contributed by atoms with Gasteiger partial charge >= 0.3 is 60.8 Å². The minimum Gasteiger partial charge on any atom is -0.550 e. The molecule has 0 aliphatic heterocycles. The summed E-state index contributed by atoms with van der Waals surface area (Å²) < 4.78 is 23.7. The van der Waals surface area contributed by atoms with Gasteiger partial charge in [0.15, 0.2) is 0 Å². The van der Waals surface area contributed by atoms with E-state index < -0.39 is 11.9 Å². The van der Waals surface area contributed by atoms with Crippen molar-refractivity contribution in [1.29, 1.82) is 0 Å². The van der Waals surface area contributed by atoms with Gasteiger partial charge in [-0.15, -0.1) is 0 Å². The van der Waals surface area contributed by atoms with E-state index in [1.807, 2.05) is 36.4 Å². The van der Waals surface area contributed by atoms with E-state index in [0.717, 1.165) is 128 Å². The van der Waals surface area contributed by atoms with Crippen LogP contribution in [-0.4, -0.2) is 97.2 Å². The molecule has 2 rings (SSSR count). The zero-order valence-corrected chi connectivity index (χ0v) is 45.5. The molecule has 0 aliphatic carbocycles. The van der Waals surface area contributed by atoms with Gasteiger partial charge in [0.25, 0.3) is 0 Å². The first kappa shape index (κ1) is 62.8. The Kier molecular flexibility index (Phi) is 42.8. The number of carboxylic acids is 2. The molecule has 0 aromatic heterocycles. The third-order valence-electron chi connectivity index (χ3n) is 11.5. The van der Waals surface area contributed by atoms with Crippen LogP contribution in [-0.2, 0) is 51.3 Å². The van der Waals surface area contributed by atoms with Crippen molar-refractivity contribution in [2.24, 2.45) is 0 Å². The fourth-order valence-corrected chi connectivity index (χ4v) is 7.88. The molecule has 2 aromatic rings. The Morgan fingerprint density at radius 3 is 1.03 bits per heavy atom. The summed E-state index contributed by atoms with van der Waals surface area (Å²) in [5.74, 6) is -2.36. The van der Waals surface area contributed by atoms with Crippen molar-refractivity contribution in [1.82, 2.24) is 0 Å². The van der Waals surface area contributed by atoms with Gasteiger partial charge in [0.2, 0.25) is 0 Å². The van der Waals surface area contributed by atoms with Crippen LogP contribution in [0.1, 0.15) is 219 Å². The number of hydrogen-bond donors (Lipinski definition) is 0. The van der Waals surface area contributed by atoms with Gasteiger partial charge in [-0.3, -0.25) is 9.59 Å². The SMILES string of the molecule is CCCCCC(CCC(CCCCCCCCC(=O)[O-])OC(C)=O)OCc1ccccc1.CCCCCC(CCC(CCCCCCCCC(=O)[O-])OC(C)=O)OCc1ccccc1.[Ba+2]. The Balaban J connectivity index is 0.00000124. The molecule has 4 unspecified atom stereocenters. The molecule has 0 heterocycles. The number of carbonyl (C=O) groups is 4. The number of aliphatic carboxylic acids is 2. The standard InChI is InChI=1S/2C27H44O5.Ba/c2*1-3-4-10-17-25(31-22-24-15-11-9-12-16-24)20-21-26(32-23(2)28)18-13-7-5-6-8-14-19-27(29)30;/h2*9,11-12,15-16,25-26H,3-8,10,13-14,17-22H2,1-2H3,(H,29,30);/q;;+2/p-2. The molecule has 2 aromatic carbocycles. The predicted octanol–water partition coefficient (Wildman–Crippen LogP) is 11.1. The maximum atomic E-state index is 11.6. The van der Waals surface area contributed by atoms with Crippen molar-refractivity contribution >= 4 is 72.8 Å². The molecule has 0 fully saturated rings. The molecule has 0 N–H and O–H groups in total. The van der Waals surface area contributed by atoms with E-state index in [2.05, 4.69) is 38.1 Å². The van der Waals surface area contributed by atoms with Crippen molar-refractivity contribution in [3.8, 4) is 0 Å². The van der Waals surface area contributed by atoms with Crippen molar-refractivity contribution in [2.45, 2.75) is 245 Å². The molecule has 10 nitrogen and oxygen atoms in total. The Morgan fingerprint density at radius 2 is 0.708 bits per heavy atom. The summed E-state index contributed by atoms with van der Waals surface area (Å²) in [6.45, 7) is 8.62. The summed E-state index contributed by atoms with van der Waals surface area (Å²) >= 11 is 0. The van der Waals surface area contributed by atoms with Gasteiger partial charge in [0.05, 0.1) is 25.4 Å². The molecule has 4 atom stereocenters. The molecule has 0 aliphatic rings. The maximum Gasteiger partial charge on any atom is 2.00 e. The van der Waals surface area contributed by atoms with Crippen LogP contribution in [0.15, 0.2) is 60.7 Å². The van der Waals surface area contributed by atoms with Crippen molar-refractivity contribution in [2.75, 3.05) is 0 Å². The molecule has 0 radical (unpaired) electrons. The van der Waals surface area contributed by atoms with E-state index in [0.29, 0.717) is 26.1 Å². The number of esters is 2. The number of benzene rings is 2. The molecule has 364 valence electrons. The van der Waals surface area contributed by atoms with E-state index in [4.69, 9.17) is 18.9 Å². The molecule has 0 bridgehead atoms. The van der Waals surface area contributed by atoms with Crippen LogP contribution in [0.5, 0.6) is 0 Å². The normalized spacial score (nSPS) is 12.7. The van der Waals surface area contributed by atoms with Crippen LogP contribution in [0, 0.1) is 0 Å². The first-order valence-corrected chi connectivity index (χ1v) is 25.1. The first-order valence-electron chi connectivity index (χ1n) is 25.1. The molecule has 65 heavy (non-hydrogen) atoms. The topological polar surface area (TPSA) is 151 Å². The average molecular weight is 1030 g/mol. The predicted molar refractivity (Wildman–Crippen MR) is 258 cm³/mol. The fourth-order valence-electron chi connectivity index (χ4n) is 7.88. The van der Waals surface area contributed by atoms with Gasteiger partial charge in [-0.05, 0) is 101 Å². The van der Waals surface area contributed by atoms with Crippen LogP contribution in [0.4, 0.5) is 0 Å². The van der Waals surface area contributed by atoms with Crippen LogP contribution in [0.25, 0.3) is 0 Å². The number of hydrogen-bond acceptors (Lipinski definition) is 10. The molecule has 0 spiro atoms. The van der Waals surface area contributed by atoms with Gasteiger partial charge in [0, 0.05) is 25.8 Å². The molecular formula is C54H86BaO10. The van der Waals surface area contributed by atoms with Gasteiger partial charge in [0.1, 0.15) is 12.2 Å². The fraction of sp³-hybridized carbons (Fsp3) is 0.704. The van der Waals surface area contributed by atoms with Crippen molar-refractivity contribution in [3.05, 3.63) is 71.8 Å². The van der Waals surface area contributed by atoms with Gasteiger partial charge < -0.3 is 38.7 Å². The number of carboxylic acid groups (broad SMARTS) is 2. The molecule has 0 amide bonds. The van der Waals surface area contributed by atoms with E-state index in [1.165, 1.54) is 50.7 Å². The monoisotopic (exact) mass is 1030 g/mol. The second-order valence-corrected chi connectivity index (χ2v) is 17.5. The third kappa shape index (κ3) is 40.6. The van der Waals surface area contributed by atoms with Gasteiger partial charge in [-0.2, -0.15) is 0 Å². The zero-order valence-electron chi connectivity index (χ0n) is 41.1. The second-order valence-electron chi connectivity index (χ2n) is 17.5. The molecule has 11 heteroatoms. The van der Waals surface area contributed by atoms with Crippen LogP contribution >= 0.6 is 0 Å². The van der Waals surface area contributed by atoms with E-state index in [9.17, 15) is 29.4 Å². The summed E-state index contributed by atoms with van der Waals surface area (Å²) in [7, 11) is 0. The van der Waals surface area contributed by atoms with Gasteiger partial charge in [-0.25, -0.2) is 0 Å². The Labute approximate surface area is 434 Å². The summed E-state index contributed by atoms with van der Waals surface area (Å²) in [6.07, 6.45) is 26.7. The number of rotatable bonds is 40. The third-order valence-corrected chi connectivity index (χ3v) is 11.5. The second kappa shape index (κ2) is 44.3. The Morgan fingerprint density at radius 1 is 0.415 bits per heavy atom. The number of carbonyl (C=O) groups excluding carboxylic acids is 4. The zero-order chi connectivity index (χ0) is 46.9. The minimum atomic E-state index is -0.963. The molecular weight excluding hydrogens is 946 g/mol. The summed E-state index contributed by atoms with van der Waals surface area (Å²) in [5.41, 5.74) is 2.37. The minimum absolute atomic E-state index is 0. The quantitative estimate of drug-likeness (QED) is 0.0358. The average Bonchev–Trinajstić information content (AvgIpc) is 3.27. The smallest absolute Gasteiger partial charge is 0.550 e. The van der Waals surface area contributed by atoms with Gasteiger partial charge in [-0.1, -0.05) is 164 Å². The van der Waals surface area contributed by atoms with Crippen LogP contribution in [0.3, 0.4) is 0 Å². The van der Waals surface area contributed by atoms with E-state index in [-0.39, 0.29) is 98.1 Å². The summed E-state index contributed by atoms with van der Waals surface area (Å²) in [4.78, 5) is 44.0. The molecule has 0 saturated carbocycles. The summed E-state index contributed by atoms with van der Waals surface area (Å²) in [6, 6.07) is 20.5. The number of ether oxygens (including phenoxy) is 4.